The van der Waals surface area contributed by atoms with E-state index < -0.39 is 41.4 Å². The molecule has 0 saturated carbocycles. The molecule has 1 aromatic carbocycles. The molecule has 4 nitrogen and oxygen atoms in total. The Morgan fingerprint density at radius 3 is 2.15 bits per heavy atom. The number of carboxylic acids is 1. The van der Waals surface area contributed by atoms with Gasteiger partial charge in [0.1, 0.15) is 0 Å². The summed E-state index contributed by atoms with van der Waals surface area (Å²) in [7, 11) is 0. The van der Waals surface area contributed by atoms with Gasteiger partial charge < -0.3 is 5.11 Å². The maximum atomic E-state index is 13.3. The Labute approximate surface area is 147 Å². The Kier molecular flexibility index (Phi) is 4.37. The molecule has 0 fully saturated rings. The van der Waals surface area contributed by atoms with Crippen LogP contribution in [0.2, 0.25) is 0 Å². The molecule has 3 aromatic rings. The normalized spacial score (nSPS) is 12.5. The van der Waals surface area contributed by atoms with Gasteiger partial charge in [0.2, 0.25) is 0 Å². The molecule has 2 aromatic heterocycles. The van der Waals surface area contributed by atoms with E-state index in [0.717, 1.165) is 12.1 Å². The van der Waals surface area contributed by atoms with Crippen LogP contribution in [0.1, 0.15) is 16.7 Å². The van der Waals surface area contributed by atoms with Gasteiger partial charge in [-0.1, -0.05) is 6.07 Å². The molecule has 0 aliphatic carbocycles. The van der Waals surface area contributed by atoms with Crippen LogP contribution >= 0.6 is 0 Å². The molecule has 0 amide bonds. The molecule has 27 heavy (non-hydrogen) atoms. The van der Waals surface area contributed by atoms with Crippen LogP contribution in [0.4, 0.5) is 26.3 Å². The van der Waals surface area contributed by atoms with Crippen LogP contribution in [-0.2, 0) is 23.6 Å². The van der Waals surface area contributed by atoms with Crippen LogP contribution in [0.25, 0.3) is 16.6 Å². The van der Waals surface area contributed by atoms with E-state index in [4.69, 9.17) is 5.11 Å². The zero-order chi connectivity index (χ0) is 20.0. The smallest absolute Gasteiger partial charge is 0.417 e. The largest absolute Gasteiger partial charge is 0.481 e. The highest BCUT2D eigenvalue weighted by molar-refractivity contribution is 5.79. The Balaban J connectivity index is 2.31. The van der Waals surface area contributed by atoms with Crippen molar-refractivity contribution in [2.75, 3.05) is 0 Å². The molecule has 0 atom stereocenters. The average Bonchev–Trinajstić information content (AvgIpc) is 2.94. The summed E-state index contributed by atoms with van der Waals surface area (Å²) in [6.07, 6.45) is -8.10. The summed E-state index contributed by atoms with van der Waals surface area (Å²) >= 11 is 0. The molecule has 3 rings (SSSR count). The first-order chi connectivity index (χ1) is 12.5. The number of hydrogen-bond donors (Lipinski definition) is 1. The summed E-state index contributed by atoms with van der Waals surface area (Å²) < 4.78 is 81.3. The van der Waals surface area contributed by atoms with E-state index in [-0.39, 0.29) is 16.6 Å². The van der Waals surface area contributed by atoms with Crippen LogP contribution < -0.4 is 0 Å². The summed E-state index contributed by atoms with van der Waals surface area (Å²) in [5.41, 5.74) is -3.93. The van der Waals surface area contributed by atoms with Crippen molar-refractivity contribution in [3.8, 4) is 11.1 Å². The second-order valence-electron chi connectivity index (χ2n) is 5.71. The van der Waals surface area contributed by atoms with Crippen molar-refractivity contribution in [2.45, 2.75) is 18.8 Å². The van der Waals surface area contributed by atoms with Crippen molar-refractivity contribution >= 4 is 11.5 Å². The Morgan fingerprint density at radius 1 is 1.04 bits per heavy atom. The number of fused-ring (bicyclic) bond motifs is 1. The van der Waals surface area contributed by atoms with Crippen molar-refractivity contribution in [3.05, 3.63) is 59.4 Å². The third-order valence-electron chi connectivity index (χ3n) is 3.91. The van der Waals surface area contributed by atoms with Gasteiger partial charge in [-0.3, -0.25) is 4.79 Å². The van der Waals surface area contributed by atoms with Crippen molar-refractivity contribution < 1.29 is 36.2 Å². The van der Waals surface area contributed by atoms with Crippen LogP contribution in [0, 0.1) is 0 Å². The lowest BCUT2D eigenvalue weighted by atomic mass is 9.93. The van der Waals surface area contributed by atoms with E-state index in [2.05, 4.69) is 5.10 Å². The first kappa shape index (κ1) is 18.7. The SMILES string of the molecule is O=C(O)Cc1cnn2ccc(-c3c(C(F)(F)F)cccc3C(F)(F)F)cc12. The molecular weight excluding hydrogens is 378 g/mol. The number of aromatic nitrogens is 2. The summed E-state index contributed by atoms with van der Waals surface area (Å²) in [6, 6.07) is 3.99. The van der Waals surface area contributed by atoms with Crippen LogP contribution in [0.15, 0.2) is 42.7 Å². The number of aliphatic carboxylic acids is 1. The highest BCUT2D eigenvalue weighted by atomic mass is 19.4. The highest BCUT2D eigenvalue weighted by Crippen LogP contribution is 2.44. The molecule has 1 N–H and O–H groups in total. The molecule has 10 heteroatoms. The monoisotopic (exact) mass is 388 g/mol. The van der Waals surface area contributed by atoms with Gasteiger partial charge in [-0.25, -0.2) is 4.52 Å². The predicted molar refractivity (Wildman–Crippen MR) is 82.0 cm³/mol. The number of nitrogens with zero attached hydrogens (tertiary/aromatic N) is 2. The van der Waals surface area contributed by atoms with E-state index in [9.17, 15) is 31.1 Å². The number of halogens is 6. The Morgan fingerprint density at radius 2 is 1.63 bits per heavy atom. The lowest BCUT2D eigenvalue weighted by Gasteiger charge is -2.19. The molecule has 0 aliphatic heterocycles. The molecule has 142 valence electrons. The fourth-order valence-electron chi connectivity index (χ4n) is 2.82. The van der Waals surface area contributed by atoms with Crippen molar-refractivity contribution in [3.63, 3.8) is 0 Å². The quantitative estimate of drug-likeness (QED) is 0.664. The number of hydrogen-bond acceptors (Lipinski definition) is 2. The minimum absolute atomic E-state index is 0.111. The van der Waals surface area contributed by atoms with Gasteiger partial charge in [-0.2, -0.15) is 31.4 Å². The molecule has 0 bridgehead atoms. The standard InChI is InChI=1S/C17H10F6N2O2/c18-16(19,20)11-2-1-3-12(17(21,22)23)15(11)9-4-5-25-13(6-9)10(8-24-25)7-14(26)27/h1-6,8H,7H2,(H,26,27). The molecule has 2 heterocycles. The number of carboxylic acid groups (broad SMARTS) is 1. The van der Waals surface area contributed by atoms with E-state index in [0.29, 0.717) is 18.2 Å². The van der Waals surface area contributed by atoms with Crippen LogP contribution in [-0.4, -0.2) is 20.7 Å². The molecular formula is C17H10F6N2O2. The molecule has 0 aliphatic rings. The van der Waals surface area contributed by atoms with Crippen molar-refractivity contribution in [2.24, 2.45) is 0 Å². The predicted octanol–water partition coefficient (Wildman–Crippen LogP) is 4.67. The van der Waals surface area contributed by atoms with Gasteiger partial charge in [-0.05, 0) is 29.8 Å². The number of rotatable bonds is 3. The highest BCUT2D eigenvalue weighted by Gasteiger charge is 2.41. The lowest BCUT2D eigenvalue weighted by molar-refractivity contribution is -0.142. The molecule has 0 radical (unpaired) electrons. The van der Waals surface area contributed by atoms with Gasteiger partial charge in [0.15, 0.2) is 0 Å². The number of alkyl halides is 6. The first-order valence-corrected chi connectivity index (χ1v) is 7.44. The minimum atomic E-state index is -5.01. The maximum absolute atomic E-state index is 13.3. The zero-order valence-corrected chi connectivity index (χ0v) is 13.3. The maximum Gasteiger partial charge on any atom is 0.417 e. The van der Waals surface area contributed by atoms with Gasteiger partial charge >= 0.3 is 18.3 Å². The molecule has 0 unspecified atom stereocenters. The van der Waals surface area contributed by atoms with E-state index >= 15 is 0 Å². The summed E-state index contributed by atoms with van der Waals surface area (Å²) in [6.45, 7) is 0. The Bertz CT molecular complexity index is 988. The molecule has 0 spiro atoms. The summed E-state index contributed by atoms with van der Waals surface area (Å²) in [5.74, 6) is -1.21. The average molecular weight is 388 g/mol. The minimum Gasteiger partial charge on any atom is -0.481 e. The van der Waals surface area contributed by atoms with Crippen molar-refractivity contribution in [1.29, 1.82) is 0 Å². The summed E-state index contributed by atoms with van der Waals surface area (Å²) in [4.78, 5) is 10.9. The van der Waals surface area contributed by atoms with Crippen molar-refractivity contribution in [1.82, 2.24) is 9.61 Å². The third-order valence-corrected chi connectivity index (χ3v) is 3.91. The fourth-order valence-corrected chi connectivity index (χ4v) is 2.82. The van der Waals surface area contributed by atoms with Gasteiger partial charge in [0.25, 0.3) is 0 Å². The number of carbonyl (C=O) groups is 1. The second kappa shape index (κ2) is 6.29. The fraction of sp³-hybridized carbons (Fsp3) is 0.176. The van der Waals surface area contributed by atoms with E-state index in [1.54, 1.807) is 0 Å². The van der Waals surface area contributed by atoms with Gasteiger partial charge in [0.05, 0.1) is 29.3 Å². The first-order valence-electron chi connectivity index (χ1n) is 7.44. The second-order valence-corrected chi connectivity index (χ2v) is 5.71. The van der Waals surface area contributed by atoms with Gasteiger partial charge in [-0.15, -0.1) is 0 Å². The number of benzene rings is 1. The molecule has 0 saturated heterocycles. The topological polar surface area (TPSA) is 54.6 Å². The lowest BCUT2D eigenvalue weighted by Crippen LogP contribution is -2.14. The van der Waals surface area contributed by atoms with E-state index in [1.807, 2.05) is 0 Å². The Hall–Kier alpha value is -3.04. The van der Waals surface area contributed by atoms with Crippen LogP contribution in [0.5, 0.6) is 0 Å². The number of pyridine rings is 1. The summed E-state index contributed by atoms with van der Waals surface area (Å²) in [5, 5.41) is 12.8. The van der Waals surface area contributed by atoms with E-state index in [1.165, 1.54) is 16.9 Å². The van der Waals surface area contributed by atoms with Gasteiger partial charge in [0, 0.05) is 17.3 Å². The zero-order valence-electron chi connectivity index (χ0n) is 13.3. The third kappa shape index (κ3) is 3.60. The van der Waals surface area contributed by atoms with Crippen LogP contribution in [0.3, 0.4) is 0 Å².